The van der Waals surface area contributed by atoms with Gasteiger partial charge in [-0.2, -0.15) is 0 Å². The normalized spacial score (nSPS) is 25.1. The summed E-state index contributed by atoms with van der Waals surface area (Å²) >= 11 is 0. The zero-order valence-corrected chi connectivity index (χ0v) is 23.3. The highest BCUT2D eigenvalue weighted by atomic mass is 16.6. The van der Waals surface area contributed by atoms with Crippen molar-refractivity contribution >= 4 is 11.9 Å². The lowest BCUT2D eigenvalue weighted by atomic mass is 9.80. The van der Waals surface area contributed by atoms with Crippen LogP contribution in [0.1, 0.15) is 23.1 Å². The van der Waals surface area contributed by atoms with E-state index in [4.69, 9.17) is 18.9 Å². The molecule has 10 nitrogen and oxygen atoms in total. The number of rotatable bonds is 9. The number of fused-ring (bicyclic) bond motifs is 1. The topological polar surface area (TPSA) is 119 Å². The molecule has 3 heterocycles. The minimum atomic E-state index is -1.06. The SMILES string of the molecule is COc1ccc(C(OCC2OC(N3C=CC4C(=O)NC(=O)NC43)CC2O)(c2ccccc2)c2ccc(OC)cc2)cc1. The van der Waals surface area contributed by atoms with Crippen molar-refractivity contribution in [1.82, 2.24) is 15.5 Å². The summed E-state index contributed by atoms with van der Waals surface area (Å²) in [5.74, 6) is 0.531. The monoisotopic (exact) mass is 571 g/mol. The molecule has 0 aromatic heterocycles. The maximum Gasteiger partial charge on any atom is 0.323 e. The second kappa shape index (κ2) is 11.5. The molecule has 5 atom stereocenters. The summed E-state index contributed by atoms with van der Waals surface area (Å²) in [5, 5.41) is 16.2. The number of urea groups is 1. The Bertz CT molecular complexity index is 1400. The molecule has 3 aromatic carbocycles. The predicted octanol–water partition coefficient (Wildman–Crippen LogP) is 3.10. The van der Waals surface area contributed by atoms with Gasteiger partial charge in [-0.1, -0.05) is 60.7 Å². The first-order valence-corrected chi connectivity index (χ1v) is 13.8. The Morgan fingerprint density at radius 1 is 0.905 bits per heavy atom. The van der Waals surface area contributed by atoms with Gasteiger partial charge in [0.2, 0.25) is 5.91 Å². The van der Waals surface area contributed by atoms with Crippen LogP contribution in [0.15, 0.2) is 91.1 Å². The van der Waals surface area contributed by atoms with Crippen LogP contribution in [0.5, 0.6) is 11.5 Å². The van der Waals surface area contributed by atoms with E-state index >= 15 is 0 Å². The quantitative estimate of drug-likeness (QED) is 0.336. The molecule has 10 heteroatoms. The van der Waals surface area contributed by atoms with E-state index in [1.807, 2.05) is 78.9 Å². The summed E-state index contributed by atoms with van der Waals surface area (Å²) in [4.78, 5) is 26.1. The zero-order chi connectivity index (χ0) is 29.3. The molecule has 3 aliphatic rings. The van der Waals surface area contributed by atoms with Gasteiger partial charge >= 0.3 is 6.03 Å². The van der Waals surface area contributed by atoms with E-state index in [0.29, 0.717) is 11.5 Å². The van der Waals surface area contributed by atoms with E-state index in [-0.39, 0.29) is 18.9 Å². The first kappa shape index (κ1) is 27.8. The number of imide groups is 1. The minimum Gasteiger partial charge on any atom is -0.497 e. The second-order valence-corrected chi connectivity index (χ2v) is 10.5. The molecular formula is C32H33N3O7. The molecule has 3 aliphatic heterocycles. The Morgan fingerprint density at radius 3 is 2.10 bits per heavy atom. The Balaban J connectivity index is 1.31. The fraction of sp³-hybridized carbons (Fsp3) is 0.312. The van der Waals surface area contributed by atoms with Gasteiger partial charge in [-0.05, 0) is 41.0 Å². The number of benzene rings is 3. The maximum atomic E-state index is 12.3. The number of amides is 3. The highest BCUT2D eigenvalue weighted by molar-refractivity contribution is 5.99. The molecule has 3 aromatic rings. The van der Waals surface area contributed by atoms with Gasteiger partial charge < -0.3 is 34.3 Å². The molecular weight excluding hydrogens is 538 g/mol. The minimum absolute atomic E-state index is 0.0586. The van der Waals surface area contributed by atoms with Gasteiger partial charge in [-0.25, -0.2) is 4.79 Å². The van der Waals surface area contributed by atoms with Gasteiger partial charge in [-0.15, -0.1) is 0 Å². The molecule has 42 heavy (non-hydrogen) atoms. The average molecular weight is 572 g/mol. The molecule has 0 aliphatic carbocycles. The Morgan fingerprint density at radius 2 is 1.50 bits per heavy atom. The van der Waals surface area contributed by atoms with Gasteiger partial charge in [0.1, 0.15) is 35.6 Å². The van der Waals surface area contributed by atoms with Crippen LogP contribution in [0.2, 0.25) is 0 Å². The van der Waals surface area contributed by atoms with Crippen molar-refractivity contribution in [3.05, 3.63) is 108 Å². The number of aliphatic hydroxyl groups is 1. The third kappa shape index (κ3) is 4.98. The molecule has 6 rings (SSSR count). The van der Waals surface area contributed by atoms with E-state index in [1.54, 1.807) is 31.4 Å². The van der Waals surface area contributed by atoms with E-state index in [9.17, 15) is 14.7 Å². The first-order chi connectivity index (χ1) is 20.4. The number of nitrogens with one attached hydrogen (secondary N) is 2. The van der Waals surface area contributed by atoms with Crippen molar-refractivity contribution in [3.63, 3.8) is 0 Å². The number of aliphatic hydroxyl groups excluding tert-OH is 1. The predicted molar refractivity (Wildman–Crippen MR) is 152 cm³/mol. The number of ether oxygens (including phenoxy) is 4. The fourth-order valence-corrected chi connectivity index (χ4v) is 5.94. The van der Waals surface area contributed by atoms with Crippen LogP contribution in [0.25, 0.3) is 0 Å². The Labute approximate surface area is 243 Å². The lowest BCUT2D eigenvalue weighted by molar-refractivity contribution is -0.129. The third-order valence-corrected chi connectivity index (χ3v) is 8.12. The standard InChI is InChI=1S/C32H33N3O7/c1-39-23-12-8-21(9-13-23)32(20-6-4-3-5-7-20,22-10-14-24(40-2)15-11-22)41-19-27-26(36)18-28(42-27)35-17-16-25-29(35)33-31(38)34-30(25)37/h3-17,25-29,36H,18-19H2,1-2H3,(H2,33,34,37,38). The van der Waals surface area contributed by atoms with Crippen LogP contribution in [0.3, 0.4) is 0 Å². The van der Waals surface area contributed by atoms with E-state index in [2.05, 4.69) is 10.6 Å². The number of hydrogen-bond donors (Lipinski definition) is 3. The molecule has 5 unspecified atom stereocenters. The second-order valence-electron chi connectivity index (χ2n) is 10.5. The van der Waals surface area contributed by atoms with Crippen LogP contribution in [-0.2, 0) is 19.9 Å². The molecule has 0 radical (unpaired) electrons. The summed E-state index contributed by atoms with van der Waals surface area (Å²) in [6.45, 7) is 0.0586. The molecule has 0 saturated carbocycles. The fourth-order valence-electron chi connectivity index (χ4n) is 5.94. The van der Waals surface area contributed by atoms with Gasteiger partial charge in [0, 0.05) is 12.6 Å². The van der Waals surface area contributed by atoms with Crippen LogP contribution < -0.4 is 20.1 Å². The molecule has 218 valence electrons. The van der Waals surface area contributed by atoms with Crippen molar-refractivity contribution in [3.8, 4) is 11.5 Å². The van der Waals surface area contributed by atoms with Gasteiger partial charge in [0.25, 0.3) is 0 Å². The Hall–Kier alpha value is -4.38. The van der Waals surface area contributed by atoms with E-state index in [1.165, 1.54) is 0 Å². The molecule has 0 bridgehead atoms. The van der Waals surface area contributed by atoms with E-state index in [0.717, 1.165) is 16.7 Å². The average Bonchev–Trinajstić information content (AvgIpc) is 3.61. The highest BCUT2D eigenvalue weighted by Crippen LogP contribution is 2.42. The van der Waals surface area contributed by atoms with Crippen molar-refractivity contribution in [1.29, 1.82) is 0 Å². The molecule has 3 N–H and O–H groups in total. The number of nitrogens with zero attached hydrogens (tertiary/aromatic N) is 1. The lowest BCUT2D eigenvalue weighted by Crippen LogP contribution is -2.62. The molecule has 0 spiro atoms. The zero-order valence-electron chi connectivity index (χ0n) is 23.3. The lowest BCUT2D eigenvalue weighted by Gasteiger charge is -2.37. The van der Waals surface area contributed by atoms with Crippen molar-refractivity contribution in [2.45, 2.75) is 36.6 Å². The molecule has 2 saturated heterocycles. The maximum absolute atomic E-state index is 12.3. The summed E-state index contributed by atoms with van der Waals surface area (Å²) in [6, 6.07) is 24.8. The van der Waals surface area contributed by atoms with Crippen LogP contribution in [0.4, 0.5) is 4.79 Å². The van der Waals surface area contributed by atoms with Crippen LogP contribution in [0, 0.1) is 5.92 Å². The number of carbonyl (C=O) groups excluding carboxylic acids is 2. The summed E-state index contributed by atoms with van der Waals surface area (Å²) in [6.07, 6.45) is 1.11. The van der Waals surface area contributed by atoms with E-state index < -0.39 is 42.2 Å². The smallest absolute Gasteiger partial charge is 0.323 e. The Kier molecular flexibility index (Phi) is 7.59. The van der Waals surface area contributed by atoms with Crippen molar-refractivity contribution < 1.29 is 33.6 Å². The van der Waals surface area contributed by atoms with Crippen molar-refractivity contribution in [2.75, 3.05) is 20.8 Å². The summed E-state index contributed by atoms with van der Waals surface area (Å²) in [7, 11) is 3.25. The molecule has 3 amide bonds. The van der Waals surface area contributed by atoms with Crippen LogP contribution in [-0.4, -0.2) is 67.4 Å². The van der Waals surface area contributed by atoms with Crippen molar-refractivity contribution in [2.24, 2.45) is 5.92 Å². The van der Waals surface area contributed by atoms with Gasteiger partial charge in [0.05, 0.1) is 32.8 Å². The van der Waals surface area contributed by atoms with Gasteiger partial charge in [0.15, 0.2) is 0 Å². The highest BCUT2D eigenvalue weighted by Gasteiger charge is 2.47. The summed E-state index contributed by atoms with van der Waals surface area (Å²) < 4.78 is 24.1. The number of methoxy groups -OCH3 is 2. The number of carbonyl (C=O) groups is 2. The third-order valence-electron chi connectivity index (χ3n) is 8.12. The summed E-state index contributed by atoms with van der Waals surface area (Å²) in [5.41, 5.74) is 1.57. The van der Waals surface area contributed by atoms with Gasteiger partial charge in [-0.3, -0.25) is 10.1 Å². The molecule has 2 fully saturated rings. The number of hydrogen-bond acceptors (Lipinski definition) is 8. The first-order valence-electron chi connectivity index (χ1n) is 13.8. The largest absolute Gasteiger partial charge is 0.497 e. The van der Waals surface area contributed by atoms with Crippen LogP contribution >= 0.6 is 0 Å².